The van der Waals surface area contributed by atoms with Crippen molar-refractivity contribution in [3.8, 4) is 0 Å². The van der Waals surface area contributed by atoms with Crippen molar-refractivity contribution in [1.29, 1.82) is 0 Å². The van der Waals surface area contributed by atoms with Gasteiger partial charge in [-0.2, -0.15) is 13.2 Å². The number of hydrogen-bond acceptors (Lipinski definition) is 0. The van der Waals surface area contributed by atoms with E-state index in [0.29, 0.717) is 11.8 Å². The maximum absolute atomic E-state index is 12.7. The fourth-order valence-electron chi connectivity index (χ4n) is 5.14. The van der Waals surface area contributed by atoms with E-state index in [2.05, 4.69) is 19.1 Å². The van der Waals surface area contributed by atoms with E-state index in [1.54, 1.807) is 12.1 Å². The second kappa shape index (κ2) is 9.98. The lowest BCUT2D eigenvalue weighted by atomic mass is 9.78. The molecule has 0 amide bonds. The number of hydrogen-bond donors (Lipinski definition) is 0. The molecule has 0 spiro atoms. The number of alkyl halides is 3. The Labute approximate surface area is 168 Å². The Morgan fingerprint density at radius 1 is 0.857 bits per heavy atom. The second-order valence-corrected chi connectivity index (χ2v) is 9.03. The van der Waals surface area contributed by atoms with Crippen molar-refractivity contribution >= 4 is 0 Å². The third kappa shape index (κ3) is 6.12. The minimum Gasteiger partial charge on any atom is -0.166 e. The van der Waals surface area contributed by atoms with Gasteiger partial charge in [-0.3, -0.25) is 0 Å². The molecule has 2 saturated carbocycles. The van der Waals surface area contributed by atoms with Gasteiger partial charge in [0.25, 0.3) is 0 Å². The summed E-state index contributed by atoms with van der Waals surface area (Å²) in [6, 6.07) is 5.82. The van der Waals surface area contributed by atoms with Gasteiger partial charge in [0, 0.05) is 0 Å². The van der Waals surface area contributed by atoms with Gasteiger partial charge in [0.15, 0.2) is 0 Å². The Hall–Kier alpha value is -1.25. The quantitative estimate of drug-likeness (QED) is 0.425. The van der Waals surface area contributed by atoms with Gasteiger partial charge in [-0.15, -0.1) is 0 Å². The lowest BCUT2D eigenvalue weighted by Gasteiger charge is -2.28. The zero-order valence-electron chi connectivity index (χ0n) is 17.2. The van der Waals surface area contributed by atoms with Crippen molar-refractivity contribution in [1.82, 2.24) is 0 Å². The van der Waals surface area contributed by atoms with Gasteiger partial charge in [0.05, 0.1) is 5.56 Å². The van der Waals surface area contributed by atoms with Crippen LogP contribution in [0.4, 0.5) is 13.2 Å². The third-order valence-electron chi connectivity index (χ3n) is 7.17. The first kappa shape index (κ1) is 21.5. The van der Waals surface area contributed by atoms with E-state index in [9.17, 15) is 13.2 Å². The average Bonchev–Trinajstić information content (AvgIpc) is 2.71. The lowest BCUT2D eigenvalue weighted by molar-refractivity contribution is -0.137. The maximum Gasteiger partial charge on any atom is 0.416 e. The highest BCUT2D eigenvalue weighted by molar-refractivity contribution is 5.27. The molecule has 0 radical (unpaired) electrons. The van der Waals surface area contributed by atoms with Crippen LogP contribution in [-0.2, 0) is 6.18 Å². The number of rotatable bonds is 6. The van der Waals surface area contributed by atoms with Gasteiger partial charge in [0.2, 0.25) is 0 Å². The van der Waals surface area contributed by atoms with Crippen LogP contribution >= 0.6 is 0 Å². The van der Waals surface area contributed by atoms with Gasteiger partial charge in [0.1, 0.15) is 0 Å². The minimum absolute atomic E-state index is 0.417. The zero-order valence-corrected chi connectivity index (χ0v) is 17.2. The van der Waals surface area contributed by atoms with E-state index < -0.39 is 11.7 Å². The van der Waals surface area contributed by atoms with E-state index in [4.69, 9.17) is 0 Å². The molecule has 0 saturated heterocycles. The molecule has 0 heterocycles. The van der Waals surface area contributed by atoms with E-state index in [-0.39, 0.29) is 0 Å². The van der Waals surface area contributed by atoms with Crippen LogP contribution in [-0.4, -0.2) is 0 Å². The van der Waals surface area contributed by atoms with Crippen molar-refractivity contribution in [3.63, 3.8) is 0 Å². The fourth-order valence-corrected chi connectivity index (χ4v) is 5.14. The molecule has 0 aromatic heterocycles. The molecule has 0 bridgehead atoms. The van der Waals surface area contributed by atoms with E-state index in [1.165, 1.54) is 57.1 Å². The van der Waals surface area contributed by atoms with Gasteiger partial charge >= 0.3 is 6.18 Å². The van der Waals surface area contributed by atoms with Crippen LogP contribution in [0.15, 0.2) is 36.4 Å². The van der Waals surface area contributed by atoms with E-state index in [1.807, 2.05) is 0 Å². The van der Waals surface area contributed by atoms with Crippen LogP contribution in [0.1, 0.15) is 94.6 Å². The number of halogens is 3. The Balaban J connectivity index is 1.36. The fraction of sp³-hybridized carbons (Fsp3) is 0.680. The van der Waals surface area contributed by atoms with Crippen molar-refractivity contribution < 1.29 is 13.2 Å². The van der Waals surface area contributed by atoms with Gasteiger partial charge in [-0.05, 0) is 79.9 Å². The predicted molar refractivity (Wildman–Crippen MR) is 110 cm³/mol. The lowest BCUT2D eigenvalue weighted by Crippen LogP contribution is -2.14. The van der Waals surface area contributed by atoms with Crippen LogP contribution in [0.2, 0.25) is 0 Å². The van der Waals surface area contributed by atoms with Crippen molar-refractivity contribution in [3.05, 3.63) is 47.5 Å². The normalized spacial score (nSPS) is 29.3. The van der Waals surface area contributed by atoms with Crippen LogP contribution in [0, 0.1) is 17.8 Å². The highest BCUT2D eigenvalue weighted by atomic mass is 19.4. The summed E-state index contributed by atoms with van der Waals surface area (Å²) in [5.74, 6) is 2.98. The molecule has 0 unspecified atom stereocenters. The topological polar surface area (TPSA) is 0 Å². The Morgan fingerprint density at radius 3 is 2.04 bits per heavy atom. The molecule has 2 aliphatic carbocycles. The van der Waals surface area contributed by atoms with Gasteiger partial charge < -0.3 is 0 Å². The molecule has 1 aromatic carbocycles. The third-order valence-corrected chi connectivity index (χ3v) is 7.17. The van der Waals surface area contributed by atoms with Crippen molar-refractivity contribution in [2.45, 2.75) is 89.6 Å². The highest BCUT2D eigenvalue weighted by Gasteiger charge is 2.30. The summed E-state index contributed by atoms with van der Waals surface area (Å²) in [7, 11) is 0. The first-order chi connectivity index (χ1) is 13.5. The summed E-state index contributed by atoms with van der Waals surface area (Å²) in [6.07, 6.45) is 14.7. The summed E-state index contributed by atoms with van der Waals surface area (Å²) < 4.78 is 38.1. The first-order valence-corrected chi connectivity index (χ1v) is 11.3. The van der Waals surface area contributed by atoms with Crippen LogP contribution < -0.4 is 0 Å². The molecule has 3 heteroatoms. The molecule has 0 atom stereocenters. The molecule has 28 heavy (non-hydrogen) atoms. The van der Waals surface area contributed by atoms with E-state index in [0.717, 1.165) is 43.1 Å². The zero-order chi connectivity index (χ0) is 20.0. The molecule has 0 N–H and O–H groups in total. The SMILES string of the molecule is CCC1CCC(CC/C=C/C2CCC(c3ccc(C(F)(F)F)cc3)CC2)CC1. The molecular weight excluding hydrogens is 357 g/mol. The Bertz CT molecular complexity index is 598. The summed E-state index contributed by atoms with van der Waals surface area (Å²) in [4.78, 5) is 0. The number of allylic oxidation sites excluding steroid dienone is 2. The van der Waals surface area contributed by atoms with Crippen LogP contribution in [0.3, 0.4) is 0 Å². The first-order valence-electron chi connectivity index (χ1n) is 11.3. The summed E-state index contributed by atoms with van der Waals surface area (Å²) in [6.45, 7) is 2.32. The highest BCUT2D eigenvalue weighted by Crippen LogP contribution is 2.38. The Morgan fingerprint density at radius 2 is 1.46 bits per heavy atom. The van der Waals surface area contributed by atoms with Crippen molar-refractivity contribution in [2.24, 2.45) is 17.8 Å². The molecule has 0 aliphatic heterocycles. The van der Waals surface area contributed by atoms with Crippen LogP contribution in [0.25, 0.3) is 0 Å². The molecule has 0 nitrogen and oxygen atoms in total. The maximum atomic E-state index is 12.7. The standard InChI is InChI=1S/C25H35F3/c1-2-19-7-9-20(10-8-19)5-3-4-6-21-11-13-22(14-12-21)23-15-17-24(18-16-23)25(26,27)28/h4,6,15-22H,2-3,5,7-14H2,1H3/b6-4+. The molecule has 156 valence electrons. The largest absolute Gasteiger partial charge is 0.416 e. The van der Waals surface area contributed by atoms with E-state index >= 15 is 0 Å². The van der Waals surface area contributed by atoms with Gasteiger partial charge in [-0.1, -0.05) is 63.3 Å². The summed E-state index contributed by atoms with van der Waals surface area (Å²) in [5.41, 5.74) is 0.522. The molecule has 2 aliphatic rings. The summed E-state index contributed by atoms with van der Waals surface area (Å²) in [5, 5.41) is 0. The summed E-state index contributed by atoms with van der Waals surface area (Å²) >= 11 is 0. The minimum atomic E-state index is -4.24. The smallest absolute Gasteiger partial charge is 0.166 e. The monoisotopic (exact) mass is 392 g/mol. The second-order valence-electron chi connectivity index (χ2n) is 9.03. The Kier molecular flexibility index (Phi) is 7.65. The molecule has 3 rings (SSSR count). The molecule has 1 aromatic rings. The van der Waals surface area contributed by atoms with Crippen LogP contribution in [0.5, 0.6) is 0 Å². The predicted octanol–water partition coefficient (Wildman–Crippen LogP) is 8.53. The molecular formula is C25H35F3. The van der Waals surface area contributed by atoms with Gasteiger partial charge in [-0.25, -0.2) is 0 Å². The van der Waals surface area contributed by atoms with Crippen molar-refractivity contribution in [2.75, 3.05) is 0 Å². The average molecular weight is 393 g/mol. The number of benzene rings is 1. The molecule has 2 fully saturated rings.